The Morgan fingerprint density at radius 1 is 1.23 bits per heavy atom. The van der Waals surface area contributed by atoms with E-state index < -0.39 is 5.54 Å². The summed E-state index contributed by atoms with van der Waals surface area (Å²) in [5.41, 5.74) is 0.460. The Hall–Kier alpha value is -1.88. The summed E-state index contributed by atoms with van der Waals surface area (Å²) in [6, 6.07) is 10.0. The monoisotopic (exact) mass is 299 g/mol. The van der Waals surface area contributed by atoms with Gasteiger partial charge in [-0.15, -0.1) is 0 Å². The lowest BCUT2D eigenvalue weighted by atomic mass is 9.85. The molecule has 3 fully saturated rings. The van der Waals surface area contributed by atoms with Crippen LogP contribution in [0.2, 0.25) is 0 Å². The second-order valence-electron chi connectivity index (χ2n) is 6.86. The molecule has 3 aliphatic rings. The number of benzene rings is 1. The predicted molar refractivity (Wildman–Crippen MR) is 81.9 cm³/mol. The third-order valence-corrected chi connectivity index (χ3v) is 5.48. The summed E-state index contributed by atoms with van der Waals surface area (Å²) in [6.07, 6.45) is 1.74. The molecule has 1 atom stereocenters. The SMILES string of the molecule is CC(=O)N1C2(CCC13CN(Cc1ccccc1)C3=O)CNC2. The molecule has 3 aliphatic heterocycles. The summed E-state index contributed by atoms with van der Waals surface area (Å²) in [5, 5.41) is 3.26. The molecule has 3 saturated heterocycles. The van der Waals surface area contributed by atoms with Crippen LogP contribution < -0.4 is 5.32 Å². The van der Waals surface area contributed by atoms with Crippen molar-refractivity contribution in [3.8, 4) is 0 Å². The van der Waals surface area contributed by atoms with Crippen LogP contribution in [0, 0.1) is 0 Å². The van der Waals surface area contributed by atoms with E-state index in [1.54, 1.807) is 6.92 Å². The number of β-lactam (4-membered cyclic amide) rings is 1. The zero-order valence-electron chi connectivity index (χ0n) is 12.8. The third-order valence-electron chi connectivity index (χ3n) is 5.48. The van der Waals surface area contributed by atoms with Gasteiger partial charge in [0.1, 0.15) is 5.54 Å². The molecule has 0 aliphatic carbocycles. The van der Waals surface area contributed by atoms with Gasteiger partial charge in [-0.2, -0.15) is 0 Å². The highest BCUT2D eigenvalue weighted by molar-refractivity contribution is 5.97. The Labute approximate surface area is 130 Å². The maximum Gasteiger partial charge on any atom is 0.250 e. The van der Waals surface area contributed by atoms with Gasteiger partial charge >= 0.3 is 0 Å². The number of likely N-dealkylation sites (tertiary alicyclic amines) is 2. The lowest BCUT2D eigenvalue weighted by Gasteiger charge is -2.57. The first-order valence-corrected chi connectivity index (χ1v) is 7.92. The average molecular weight is 299 g/mol. The van der Waals surface area contributed by atoms with Crippen molar-refractivity contribution in [1.29, 1.82) is 0 Å². The maximum atomic E-state index is 12.8. The molecule has 0 aromatic heterocycles. The van der Waals surface area contributed by atoms with Crippen molar-refractivity contribution in [2.24, 2.45) is 0 Å². The van der Waals surface area contributed by atoms with E-state index in [9.17, 15) is 9.59 Å². The zero-order chi connectivity index (χ0) is 15.4. The minimum absolute atomic E-state index is 0.0340. The van der Waals surface area contributed by atoms with Crippen LogP contribution >= 0.6 is 0 Å². The lowest BCUT2D eigenvalue weighted by molar-refractivity contribution is -0.175. The van der Waals surface area contributed by atoms with Crippen molar-refractivity contribution >= 4 is 11.8 Å². The minimum atomic E-state index is -0.567. The second-order valence-corrected chi connectivity index (χ2v) is 6.86. The quantitative estimate of drug-likeness (QED) is 0.820. The van der Waals surface area contributed by atoms with E-state index in [0.717, 1.165) is 31.5 Å². The summed E-state index contributed by atoms with van der Waals surface area (Å²) >= 11 is 0. The highest BCUT2D eigenvalue weighted by Gasteiger charge is 2.67. The number of rotatable bonds is 2. The average Bonchev–Trinajstić information content (AvgIpc) is 2.86. The van der Waals surface area contributed by atoms with Crippen LogP contribution in [0.15, 0.2) is 30.3 Å². The smallest absolute Gasteiger partial charge is 0.250 e. The molecular weight excluding hydrogens is 278 g/mol. The van der Waals surface area contributed by atoms with Gasteiger partial charge in [0, 0.05) is 26.6 Å². The summed E-state index contributed by atoms with van der Waals surface area (Å²) in [6.45, 7) is 4.54. The normalized spacial score (nSPS) is 28.9. The van der Waals surface area contributed by atoms with E-state index in [4.69, 9.17) is 0 Å². The molecule has 1 aromatic carbocycles. The van der Waals surface area contributed by atoms with Crippen LogP contribution in [-0.4, -0.2) is 52.3 Å². The summed E-state index contributed by atoms with van der Waals surface area (Å²) in [5.74, 6) is 0.155. The second kappa shape index (κ2) is 4.56. The van der Waals surface area contributed by atoms with Crippen LogP contribution in [0.4, 0.5) is 0 Å². The minimum Gasteiger partial charge on any atom is -0.333 e. The predicted octanol–water partition coefficient (Wildman–Crippen LogP) is 0.752. The fraction of sp³-hybridized carbons (Fsp3) is 0.529. The first-order chi connectivity index (χ1) is 10.6. The van der Waals surface area contributed by atoms with Gasteiger partial charge in [-0.3, -0.25) is 9.59 Å². The van der Waals surface area contributed by atoms with Gasteiger partial charge < -0.3 is 15.1 Å². The molecule has 0 bridgehead atoms. The number of amides is 2. The van der Waals surface area contributed by atoms with Crippen LogP contribution in [0.1, 0.15) is 25.3 Å². The van der Waals surface area contributed by atoms with Crippen LogP contribution in [-0.2, 0) is 16.1 Å². The van der Waals surface area contributed by atoms with E-state index in [2.05, 4.69) is 5.32 Å². The topological polar surface area (TPSA) is 52.7 Å². The van der Waals surface area contributed by atoms with E-state index >= 15 is 0 Å². The number of nitrogens with one attached hydrogen (secondary N) is 1. The highest BCUT2D eigenvalue weighted by Crippen LogP contribution is 2.49. The summed E-state index contributed by atoms with van der Waals surface area (Å²) in [4.78, 5) is 28.8. The van der Waals surface area contributed by atoms with Gasteiger partial charge in [-0.05, 0) is 18.4 Å². The van der Waals surface area contributed by atoms with E-state index in [1.807, 2.05) is 40.1 Å². The third kappa shape index (κ3) is 1.69. The number of carbonyl (C=O) groups is 2. The molecule has 5 nitrogen and oxygen atoms in total. The van der Waals surface area contributed by atoms with Crippen molar-refractivity contribution in [3.63, 3.8) is 0 Å². The zero-order valence-corrected chi connectivity index (χ0v) is 12.8. The molecule has 116 valence electrons. The van der Waals surface area contributed by atoms with Gasteiger partial charge in [0.25, 0.3) is 5.91 Å². The molecule has 1 N–H and O–H groups in total. The molecule has 4 rings (SSSR count). The van der Waals surface area contributed by atoms with Crippen LogP contribution in [0.5, 0.6) is 0 Å². The molecule has 5 heteroatoms. The Kier molecular flexibility index (Phi) is 2.85. The molecule has 0 radical (unpaired) electrons. The molecule has 3 heterocycles. The van der Waals surface area contributed by atoms with Gasteiger partial charge in [-0.1, -0.05) is 30.3 Å². The van der Waals surface area contributed by atoms with Crippen LogP contribution in [0.3, 0.4) is 0 Å². The first-order valence-electron chi connectivity index (χ1n) is 7.92. The lowest BCUT2D eigenvalue weighted by Crippen LogP contribution is -2.78. The van der Waals surface area contributed by atoms with Crippen molar-refractivity contribution in [3.05, 3.63) is 35.9 Å². The number of hydrogen-bond acceptors (Lipinski definition) is 3. The number of carbonyl (C=O) groups excluding carboxylic acids is 2. The van der Waals surface area contributed by atoms with Crippen molar-refractivity contribution in [2.45, 2.75) is 37.4 Å². The highest BCUT2D eigenvalue weighted by atomic mass is 16.2. The first kappa shape index (κ1) is 13.8. The largest absolute Gasteiger partial charge is 0.333 e. The number of hydrogen-bond donors (Lipinski definition) is 1. The fourth-order valence-electron chi connectivity index (χ4n) is 4.44. The Morgan fingerprint density at radius 2 is 1.95 bits per heavy atom. The van der Waals surface area contributed by atoms with Gasteiger partial charge in [0.15, 0.2) is 0 Å². The van der Waals surface area contributed by atoms with Crippen LogP contribution in [0.25, 0.3) is 0 Å². The Bertz CT molecular complexity index is 626. The molecule has 1 aromatic rings. The Balaban J connectivity index is 1.54. The van der Waals surface area contributed by atoms with E-state index in [0.29, 0.717) is 13.1 Å². The Morgan fingerprint density at radius 3 is 2.50 bits per heavy atom. The maximum absolute atomic E-state index is 12.8. The number of nitrogens with zero attached hydrogens (tertiary/aromatic N) is 2. The van der Waals surface area contributed by atoms with Gasteiger partial charge in [0.05, 0.1) is 12.1 Å². The van der Waals surface area contributed by atoms with Gasteiger partial charge in [0.2, 0.25) is 5.91 Å². The summed E-state index contributed by atoms with van der Waals surface area (Å²) in [7, 11) is 0. The van der Waals surface area contributed by atoms with Crippen molar-refractivity contribution in [1.82, 2.24) is 15.1 Å². The van der Waals surface area contributed by atoms with Crippen molar-refractivity contribution in [2.75, 3.05) is 19.6 Å². The molecule has 1 unspecified atom stereocenters. The molecule has 22 heavy (non-hydrogen) atoms. The standard InChI is InChI=1S/C17H21N3O2/c1-13(21)20-16(10-18-11-16)7-8-17(20)12-19(15(17)22)9-14-5-3-2-4-6-14/h2-6,18H,7-12H2,1H3. The van der Waals surface area contributed by atoms with Gasteiger partial charge in [-0.25, -0.2) is 0 Å². The molecule has 0 saturated carbocycles. The molecular formula is C17H21N3O2. The summed E-state index contributed by atoms with van der Waals surface area (Å²) < 4.78 is 0. The van der Waals surface area contributed by atoms with E-state index in [1.165, 1.54) is 0 Å². The van der Waals surface area contributed by atoms with E-state index in [-0.39, 0.29) is 17.4 Å². The fourth-order valence-corrected chi connectivity index (χ4v) is 4.44. The molecule has 2 amide bonds. The van der Waals surface area contributed by atoms with Crippen molar-refractivity contribution < 1.29 is 9.59 Å². The molecule has 2 spiro atoms.